The van der Waals surface area contributed by atoms with Gasteiger partial charge in [0.1, 0.15) is 5.82 Å². The highest BCUT2D eigenvalue weighted by molar-refractivity contribution is 5.63. The van der Waals surface area contributed by atoms with Crippen LogP contribution in [0.25, 0.3) is 0 Å². The highest BCUT2D eigenvalue weighted by Crippen LogP contribution is 2.25. The topological polar surface area (TPSA) is 64.8 Å². The van der Waals surface area contributed by atoms with Crippen molar-refractivity contribution in [2.24, 2.45) is 0 Å². The molecule has 0 fully saturated rings. The van der Waals surface area contributed by atoms with Gasteiger partial charge in [0.05, 0.1) is 11.6 Å². The SMILES string of the molecule is CCCNc1ncc(C)c(N(C)c2ccc(C#N)cc2)n1. The van der Waals surface area contributed by atoms with Crippen LogP contribution in [-0.2, 0) is 0 Å². The van der Waals surface area contributed by atoms with E-state index in [0.717, 1.165) is 30.0 Å². The zero-order chi connectivity index (χ0) is 15.2. The molecule has 5 nitrogen and oxygen atoms in total. The van der Waals surface area contributed by atoms with E-state index in [1.807, 2.05) is 37.2 Å². The Bertz CT molecular complexity index is 643. The summed E-state index contributed by atoms with van der Waals surface area (Å²) in [6.45, 7) is 4.94. The average Bonchev–Trinajstić information content (AvgIpc) is 2.53. The molecule has 0 atom stereocenters. The molecule has 0 radical (unpaired) electrons. The number of anilines is 3. The first kappa shape index (κ1) is 14.8. The maximum Gasteiger partial charge on any atom is 0.224 e. The molecule has 0 aliphatic heterocycles. The van der Waals surface area contributed by atoms with Gasteiger partial charge in [-0.3, -0.25) is 0 Å². The molecule has 0 aliphatic rings. The van der Waals surface area contributed by atoms with Gasteiger partial charge in [-0.15, -0.1) is 0 Å². The monoisotopic (exact) mass is 281 g/mol. The van der Waals surface area contributed by atoms with Gasteiger partial charge in [-0.05, 0) is 37.6 Å². The molecule has 0 saturated heterocycles. The van der Waals surface area contributed by atoms with Gasteiger partial charge in [-0.25, -0.2) is 4.98 Å². The van der Waals surface area contributed by atoms with E-state index in [-0.39, 0.29) is 0 Å². The van der Waals surface area contributed by atoms with Crippen LogP contribution in [0.15, 0.2) is 30.5 Å². The summed E-state index contributed by atoms with van der Waals surface area (Å²) in [4.78, 5) is 10.9. The van der Waals surface area contributed by atoms with E-state index < -0.39 is 0 Å². The molecular formula is C16H19N5. The van der Waals surface area contributed by atoms with Crippen LogP contribution < -0.4 is 10.2 Å². The first-order valence-electron chi connectivity index (χ1n) is 6.97. The van der Waals surface area contributed by atoms with Crippen molar-refractivity contribution in [3.63, 3.8) is 0 Å². The van der Waals surface area contributed by atoms with Gasteiger partial charge in [-0.1, -0.05) is 6.92 Å². The molecule has 0 saturated carbocycles. The van der Waals surface area contributed by atoms with Crippen molar-refractivity contribution in [2.75, 3.05) is 23.8 Å². The fourth-order valence-electron chi connectivity index (χ4n) is 1.98. The molecule has 0 bridgehead atoms. The lowest BCUT2D eigenvalue weighted by atomic mass is 10.2. The molecule has 5 heteroatoms. The third-order valence-electron chi connectivity index (χ3n) is 3.18. The summed E-state index contributed by atoms with van der Waals surface area (Å²) in [5.41, 5.74) is 2.64. The number of aryl methyl sites for hydroxylation is 1. The van der Waals surface area contributed by atoms with Crippen LogP contribution in [-0.4, -0.2) is 23.6 Å². The van der Waals surface area contributed by atoms with Crippen molar-refractivity contribution < 1.29 is 0 Å². The number of hydrogen-bond acceptors (Lipinski definition) is 5. The van der Waals surface area contributed by atoms with E-state index in [9.17, 15) is 0 Å². The van der Waals surface area contributed by atoms with Crippen molar-refractivity contribution in [2.45, 2.75) is 20.3 Å². The van der Waals surface area contributed by atoms with Crippen LogP contribution in [0.2, 0.25) is 0 Å². The number of benzene rings is 1. The molecule has 108 valence electrons. The number of aromatic nitrogens is 2. The lowest BCUT2D eigenvalue weighted by Crippen LogP contribution is -2.15. The maximum absolute atomic E-state index is 8.85. The first-order chi connectivity index (χ1) is 10.2. The number of nitriles is 1. The smallest absolute Gasteiger partial charge is 0.224 e. The van der Waals surface area contributed by atoms with E-state index >= 15 is 0 Å². The van der Waals surface area contributed by atoms with Crippen molar-refractivity contribution in [1.82, 2.24) is 9.97 Å². The second-order valence-electron chi connectivity index (χ2n) is 4.84. The van der Waals surface area contributed by atoms with Crippen molar-refractivity contribution in [3.05, 3.63) is 41.6 Å². The fraction of sp³-hybridized carbons (Fsp3) is 0.312. The third-order valence-corrected chi connectivity index (χ3v) is 3.18. The quantitative estimate of drug-likeness (QED) is 0.911. The Kier molecular flexibility index (Phi) is 4.72. The van der Waals surface area contributed by atoms with Crippen LogP contribution in [0.4, 0.5) is 17.5 Å². The molecular weight excluding hydrogens is 262 g/mol. The molecule has 0 aliphatic carbocycles. The Morgan fingerprint density at radius 2 is 2.00 bits per heavy atom. The zero-order valence-electron chi connectivity index (χ0n) is 12.6. The van der Waals surface area contributed by atoms with E-state index in [4.69, 9.17) is 5.26 Å². The van der Waals surface area contributed by atoms with Crippen LogP contribution in [0.5, 0.6) is 0 Å². The van der Waals surface area contributed by atoms with Gasteiger partial charge in [-0.2, -0.15) is 10.2 Å². The molecule has 1 N–H and O–H groups in total. The average molecular weight is 281 g/mol. The summed E-state index contributed by atoms with van der Waals surface area (Å²) in [5.74, 6) is 1.49. The van der Waals surface area contributed by atoms with Gasteiger partial charge in [0.15, 0.2) is 0 Å². The predicted molar refractivity (Wildman–Crippen MR) is 84.8 cm³/mol. The second kappa shape index (κ2) is 6.71. The van der Waals surface area contributed by atoms with Gasteiger partial charge in [0, 0.05) is 31.0 Å². The third kappa shape index (κ3) is 3.48. The number of rotatable bonds is 5. The van der Waals surface area contributed by atoms with E-state index in [0.29, 0.717) is 11.5 Å². The molecule has 2 rings (SSSR count). The zero-order valence-corrected chi connectivity index (χ0v) is 12.6. The minimum absolute atomic E-state index is 0.637. The molecule has 1 aromatic carbocycles. The van der Waals surface area contributed by atoms with Crippen molar-refractivity contribution in [3.8, 4) is 6.07 Å². The summed E-state index contributed by atoms with van der Waals surface area (Å²) in [6.07, 6.45) is 2.85. The molecule has 1 heterocycles. The van der Waals surface area contributed by atoms with Gasteiger partial charge in [0.25, 0.3) is 0 Å². The van der Waals surface area contributed by atoms with Crippen LogP contribution in [0.3, 0.4) is 0 Å². The van der Waals surface area contributed by atoms with Crippen LogP contribution >= 0.6 is 0 Å². The minimum Gasteiger partial charge on any atom is -0.354 e. The number of hydrogen-bond donors (Lipinski definition) is 1. The fourth-order valence-corrected chi connectivity index (χ4v) is 1.98. The van der Waals surface area contributed by atoms with Gasteiger partial charge < -0.3 is 10.2 Å². The Labute approximate surface area is 125 Å². The summed E-state index contributed by atoms with van der Waals surface area (Å²) >= 11 is 0. The number of nitrogens with one attached hydrogen (secondary N) is 1. The highest BCUT2D eigenvalue weighted by atomic mass is 15.2. The second-order valence-corrected chi connectivity index (χ2v) is 4.84. The summed E-state index contributed by atoms with van der Waals surface area (Å²) in [7, 11) is 1.96. The maximum atomic E-state index is 8.85. The summed E-state index contributed by atoms with van der Waals surface area (Å²) < 4.78 is 0. The largest absolute Gasteiger partial charge is 0.354 e. The highest BCUT2D eigenvalue weighted by Gasteiger charge is 2.10. The molecule has 1 aromatic heterocycles. The van der Waals surface area contributed by atoms with Crippen LogP contribution in [0, 0.1) is 18.3 Å². The molecule has 0 unspecified atom stereocenters. The van der Waals surface area contributed by atoms with Crippen molar-refractivity contribution >= 4 is 17.5 Å². The Morgan fingerprint density at radius 1 is 1.29 bits per heavy atom. The minimum atomic E-state index is 0.637. The Hall–Kier alpha value is -2.61. The standard InChI is InChI=1S/C16H19N5/c1-4-9-18-16-19-11-12(2)15(20-16)21(3)14-7-5-13(10-17)6-8-14/h5-8,11H,4,9H2,1-3H3,(H,18,19,20). The predicted octanol–water partition coefficient (Wildman–Crippen LogP) is 3.25. The van der Waals surface area contributed by atoms with E-state index in [2.05, 4.69) is 28.3 Å². The Morgan fingerprint density at radius 3 is 2.62 bits per heavy atom. The lowest BCUT2D eigenvalue weighted by molar-refractivity contribution is 0.944. The summed E-state index contributed by atoms with van der Waals surface area (Å²) in [5, 5.41) is 12.0. The molecule has 0 spiro atoms. The molecule has 0 amide bonds. The number of nitrogens with zero attached hydrogens (tertiary/aromatic N) is 4. The van der Waals surface area contributed by atoms with E-state index in [1.165, 1.54) is 0 Å². The van der Waals surface area contributed by atoms with Crippen molar-refractivity contribution in [1.29, 1.82) is 5.26 Å². The van der Waals surface area contributed by atoms with Crippen LogP contribution in [0.1, 0.15) is 24.5 Å². The Balaban J connectivity index is 2.28. The normalized spacial score (nSPS) is 10.0. The van der Waals surface area contributed by atoms with Gasteiger partial charge >= 0.3 is 0 Å². The first-order valence-corrected chi connectivity index (χ1v) is 6.97. The lowest BCUT2D eigenvalue weighted by Gasteiger charge is -2.20. The summed E-state index contributed by atoms with van der Waals surface area (Å²) in [6, 6.07) is 9.56. The molecule has 21 heavy (non-hydrogen) atoms. The van der Waals surface area contributed by atoms with E-state index in [1.54, 1.807) is 12.1 Å². The molecule has 2 aromatic rings. The van der Waals surface area contributed by atoms with Gasteiger partial charge in [0.2, 0.25) is 5.95 Å².